The smallest absolute Gasteiger partial charge is 0.160 e. The normalized spacial score (nSPS) is 16.4. The van der Waals surface area contributed by atoms with Crippen LogP contribution in [-0.4, -0.2) is 19.5 Å². The first-order valence-electron chi connectivity index (χ1n) is 9.09. The van der Waals surface area contributed by atoms with Crippen LogP contribution in [0.4, 0.5) is 0 Å². The molecule has 1 aliphatic rings. The molecule has 4 heteroatoms. The Kier molecular flexibility index (Phi) is 2.84. The lowest BCUT2D eigenvalue weighted by molar-refractivity contribution is 0.796. The Hall–Kier alpha value is -3.53. The molecule has 128 valence electrons. The van der Waals surface area contributed by atoms with Gasteiger partial charge in [0, 0.05) is 17.0 Å². The number of pyridine rings is 2. The second-order valence-corrected chi connectivity index (χ2v) is 7.08. The van der Waals surface area contributed by atoms with E-state index < -0.39 is 0 Å². The molecule has 1 fully saturated rings. The Morgan fingerprint density at radius 1 is 0.852 bits per heavy atom. The molecule has 0 N–H and O–H groups in total. The largest absolute Gasteiger partial charge is 0.315 e. The molecule has 0 amide bonds. The minimum Gasteiger partial charge on any atom is -0.315 e. The Labute approximate surface area is 155 Å². The van der Waals surface area contributed by atoms with Gasteiger partial charge in [0.15, 0.2) is 5.82 Å². The van der Waals surface area contributed by atoms with Crippen molar-refractivity contribution in [3.05, 3.63) is 79.0 Å². The Morgan fingerprint density at radius 2 is 1.63 bits per heavy atom. The fourth-order valence-electron chi connectivity index (χ4n) is 3.85. The van der Waals surface area contributed by atoms with Crippen molar-refractivity contribution in [3.63, 3.8) is 0 Å². The first kappa shape index (κ1) is 14.6. The molecule has 1 aliphatic carbocycles. The summed E-state index contributed by atoms with van der Waals surface area (Å²) in [7, 11) is 0. The number of allylic oxidation sites excluding steroid dienone is 1. The summed E-state index contributed by atoms with van der Waals surface area (Å²) >= 11 is 0. The van der Waals surface area contributed by atoms with Gasteiger partial charge in [0.25, 0.3) is 0 Å². The highest BCUT2D eigenvalue weighted by Gasteiger charge is 2.33. The van der Waals surface area contributed by atoms with Crippen LogP contribution in [-0.2, 0) is 0 Å². The molecule has 1 unspecified atom stereocenters. The molecule has 3 heterocycles. The van der Waals surface area contributed by atoms with E-state index in [4.69, 9.17) is 9.97 Å². The second kappa shape index (κ2) is 5.24. The lowest BCUT2D eigenvalue weighted by Gasteiger charge is -2.09. The third-order valence-corrected chi connectivity index (χ3v) is 5.34. The van der Waals surface area contributed by atoms with Crippen molar-refractivity contribution >= 4 is 32.8 Å². The lowest BCUT2D eigenvalue weighted by Crippen LogP contribution is -1.99. The van der Waals surface area contributed by atoms with Crippen LogP contribution >= 0.6 is 0 Å². The van der Waals surface area contributed by atoms with Crippen LogP contribution in [0, 0.1) is 0 Å². The fraction of sp³-hybridized carbons (Fsp3) is 0.0870. The number of hydrogen-bond acceptors (Lipinski definition) is 3. The van der Waals surface area contributed by atoms with Gasteiger partial charge in [-0.1, -0.05) is 48.6 Å². The predicted molar refractivity (Wildman–Crippen MR) is 109 cm³/mol. The Bertz CT molecular complexity index is 1380. The molecule has 4 nitrogen and oxygen atoms in total. The average molecular weight is 348 g/mol. The maximum absolute atomic E-state index is 4.99. The molecular weight excluding hydrogens is 332 g/mol. The summed E-state index contributed by atoms with van der Waals surface area (Å²) in [6.45, 7) is 4.16. The second-order valence-electron chi connectivity index (χ2n) is 7.08. The van der Waals surface area contributed by atoms with Gasteiger partial charge in [0.2, 0.25) is 0 Å². The summed E-state index contributed by atoms with van der Waals surface area (Å²) in [5.41, 5.74) is 6.08. The molecule has 0 saturated heterocycles. The van der Waals surface area contributed by atoms with Crippen molar-refractivity contribution in [1.82, 2.24) is 19.5 Å². The number of hydrogen-bond donors (Lipinski definition) is 0. The van der Waals surface area contributed by atoms with Gasteiger partial charge in [-0.2, -0.15) is 0 Å². The molecule has 0 radical (unpaired) electrons. The highest BCUT2D eigenvalue weighted by Crippen LogP contribution is 2.45. The number of benzene rings is 2. The van der Waals surface area contributed by atoms with Gasteiger partial charge in [0.1, 0.15) is 5.69 Å². The van der Waals surface area contributed by atoms with Gasteiger partial charge in [-0.15, -0.1) is 0 Å². The maximum Gasteiger partial charge on any atom is 0.160 e. The first-order valence-corrected chi connectivity index (χ1v) is 9.09. The van der Waals surface area contributed by atoms with Crippen LogP contribution < -0.4 is 0 Å². The average Bonchev–Trinajstić information content (AvgIpc) is 3.31. The zero-order valence-corrected chi connectivity index (χ0v) is 14.6. The first-order chi connectivity index (χ1) is 13.3. The molecule has 1 saturated carbocycles. The molecule has 0 aliphatic heterocycles. The number of para-hydroxylation sites is 2. The third kappa shape index (κ3) is 2.13. The van der Waals surface area contributed by atoms with Crippen LogP contribution in [0.2, 0.25) is 0 Å². The Balaban J connectivity index is 1.66. The van der Waals surface area contributed by atoms with Gasteiger partial charge in [-0.05, 0) is 30.7 Å². The van der Waals surface area contributed by atoms with E-state index in [1.165, 1.54) is 5.57 Å². The molecule has 1 atom stereocenters. The van der Waals surface area contributed by atoms with Crippen molar-refractivity contribution in [2.75, 3.05) is 0 Å². The zero-order valence-electron chi connectivity index (χ0n) is 14.6. The van der Waals surface area contributed by atoms with Crippen molar-refractivity contribution in [1.29, 1.82) is 0 Å². The summed E-state index contributed by atoms with van der Waals surface area (Å²) in [6.07, 6.45) is 2.82. The summed E-state index contributed by atoms with van der Waals surface area (Å²) in [6, 6.07) is 20.9. The van der Waals surface area contributed by atoms with E-state index in [1.807, 2.05) is 18.3 Å². The van der Waals surface area contributed by atoms with Gasteiger partial charge < -0.3 is 4.57 Å². The van der Waals surface area contributed by atoms with Crippen LogP contribution in [0.25, 0.3) is 44.4 Å². The number of aromatic nitrogens is 4. The van der Waals surface area contributed by atoms with E-state index in [9.17, 15) is 0 Å². The SMILES string of the molecule is C=C1CC1n1c(-c2ccc3ccc4cccnc4c3n2)nc2ccccc21. The van der Waals surface area contributed by atoms with Crippen molar-refractivity contribution < 1.29 is 0 Å². The van der Waals surface area contributed by atoms with E-state index in [-0.39, 0.29) is 0 Å². The van der Waals surface area contributed by atoms with Crippen LogP contribution in [0.15, 0.2) is 79.0 Å². The quantitative estimate of drug-likeness (QED) is 0.321. The van der Waals surface area contributed by atoms with Crippen molar-refractivity contribution in [3.8, 4) is 11.5 Å². The van der Waals surface area contributed by atoms with Crippen molar-refractivity contribution in [2.24, 2.45) is 0 Å². The lowest BCUT2D eigenvalue weighted by atomic mass is 10.1. The number of nitrogens with zero attached hydrogens (tertiary/aromatic N) is 4. The summed E-state index contributed by atoms with van der Waals surface area (Å²) in [4.78, 5) is 14.5. The van der Waals surface area contributed by atoms with Gasteiger partial charge >= 0.3 is 0 Å². The van der Waals surface area contributed by atoms with E-state index in [0.29, 0.717) is 6.04 Å². The minimum atomic E-state index is 0.315. The Morgan fingerprint density at radius 3 is 2.48 bits per heavy atom. The van der Waals surface area contributed by atoms with Gasteiger partial charge in [0.05, 0.1) is 28.1 Å². The molecule has 2 aromatic carbocycles. The number of rotatable bonds is 2. The highest BCUT2D eigenvalue weighted by atomic mass is 15.1. The maximum atomic E-state index is 4.99. The molecule has 5 aromatic rings. The number of imidazole rings is 1. The minimum absolute atomic E-state index is 0.315. The van der Waals surface area contributed by atoms with Crippen LogP contribution in [0.3, 0.4) is 0 Å². The zero-order chi connectivity index (χ0) is 18.0. The molecule has 0 spiro atoms. The summed E-state index contributed by atoms with van der Waals surface area (Å²) in [5.74, 6) is 0.898. The van der Waals surface area contributed by atoms with Crippen LogP contribution in [0.5, 0.6) is 0 Å². The monoisotopic (exact) mass is 348 g/mol. The van der Waals surface area contributed by atoms with E-state index >= 15 is 0 Å². The third-order valence-electron chi connectivity index (χ3n) is 5.34. The van der Waals surface area contributed by atoms with E-state index in [0.717, 1.165) is 50.8 Å². The number of fused-ring (bicyclic) bond motifs is 4. The predicted octanol–water partition coefficient (Wildman–Crippen LogP) is 5.30. The van der Waals surface area contributed by atoms with Crippen molar-refractivity contribution in [2.45, 2.75) is 12.5 Å². The molecule has 0 bridgehead atoms. The molecular formula is C23H16N4. The highest BCUT2D eigenvalue weighted by molar-refractivity contribution is 6.03. The summed E-state index contributed by atoms with van der Waals surface area (Å²) < 4.78 is 2.28. The van der Waals surface area contributed by atoms with Gasteiger partial charge in [-0.3, -0.25) is 4.98 Å². The van der Waals surface area contributed by atoms with E-state index in [1.54, 1.807) is 0 Å². The van der Waals surface area contributed by atoms with Gasteiger partial charge in [-0.25, -0.2) is 9.97 Å². The van der Waals surface area contributed by atoms with E-state index in [2.05, 4.69) is 64.7 Å². The molecule has 3 aromatic heterocycles. The van der Waals surface area contributed by atoms with Crippen LogP contribution in [0.1, 0.15) is 12.5 Å². The molecule has 27 heavy (non-hydrogen) atoms. The fourth-order valence-corrected chi connectivity index (χ4v) is 3.85. The topological polar surface area (TPSA) is 43.6 Å². The standard InChI is InChI=1S/C23H16N4/c1-14-13-20(14)27-19-7-3-2-6-17(19)26-23(27)18-11-10-16-9-8-15-5-4-12-24-21(15)22(16)25-18/h2-12,20H,1,13H2. The summed E-state index contributed by atoms with van der Waals surface area (Å²) in [5, 5.41) is 2.18. The molecule has 6 rings (SSSR count).